The summed E-state index contributed by atoms with van der Waals surface area (Å²) in [6.45, 7) is 5.03. The van der Waals surface area contributed by atoms with E-state index >= 15 is 0 Å². The van der Waals surface area contributed by atoms with E-state index in [1.165, 1.54) is 15.9 Å². The molecule has 0 bridgehead atoms. The van der Waals surface area contributed by atoms with Crippen LogP contribution >= 0.6 is 11.3 Å². The van der Waals surface area contributed by atoms with Gasteiger partial charge in [0.1, 0.15) is 5.75 Å². The average molecular weight is 418 g/mol. The highest BCUT2D eigenvalue weighted by molar-refractivity contribution is 7.15. The zero-order valence-corrected chi connectivity index (χ0v) is 17.8. The van der Waals surface area contributed by atoms with Gasteiger partial charge in [0, 0.05) is 0 Å². The summed E-state index contributed by atoms with van der Waals surface area (Å²) in [6, 6.07) is 17.7. The molecule has 6 heteroatoms. The van der Waals surface area contributed by atoms with Crippen molar-refractivity contribution < 1.29 is 4.74 Å². The quantitative estimate of drug-likeness (QED) is 0.450. The Hall–Kier alpha value is -3.25. The minimum atomic E-state index is -0.159. The first kappa shape index (κ1) is 20.0. The summed E-state index contributed by atoms with van der Waals surface area (Å²) in [5.41, 5.74) is 1.82. The second-order valence-electron chi connectivity index (χ2n) is 7.43. The Balaban J connectivity index is 1.56. The van der Waals surface area contributed by atoms with E-state index in [9.17, 15) is 4.79 Å². The minimum Gasteiger partial charge on any atom is -0.494 e. The molecule has 4 aromatic rings. The highest BCUT2D eigenvalue weighted by Crippen LogP contribution is 2.15. The number of hydrogen-bond donors (Lipinski definition) is 0. The molecule has 2 aromatic carbocycles. The largest absolute Gasteiger partial charge is 0.494 e. The van der Waals surface area contributed by atoms with Crippen LogP contribution in [0.5, 0.6) is 5.75 Å². The normalized spacial score (nSPS) is 12.4. The molecule has 0 spiro atoms. The van der Waals surface area contributed by atoms with Crippen molar-refractivity contribution in [3.8, 4) is 5.75 Å². The van der Waals surface area contributed by atoms with E-state index in [-0.39, 0.29) is 5.56 Å². The van der Waals surface area contributed by atoms with E-state index in [0.29, 0.717) is 27.8 Å². The number of rotatable bonds is 7. The highest BCUT2D eigenvalue weighted by Gasteiger charge is 2.09. The topological polar surface area (TPSA) is 56.5 Å². The summed E-state index contributed by atoms with van der Waals surface area (Å²) >= 11 is 1.34. The molecule has 0 amide bonds. The zero-order valence-electron chi connectivity index (χ0n) is 17.0. The van der Waals surface area contributed by atoms with Crippen molar-refractivity contribution >= 4 is 34.5 Å². The maximum absolute atomic E-state index is 12.7. The van der Waals surface area contributed by atoms with E-state index in [1.54, 1.807) is 0 Å². The molecule has 0 radical (unpaired) electrons. The molecule has 30 heavy (non-hydrogen) atoms. The molecule has 152 valence electrons. The maximum atomic E-state index is 12.7. The summed E-state index contributed by atoms with van der Waals surface area (Å²) < 4.78 is 7.78. The predicted octanol–water partition coefficient (Wildman–Crippen LogP) is 4.29. The van der Waals surface area contributed by atoms with Crippen LogP contribution in [0, 0.1) is 5.92 Å². The molecule has 4 rings (SSSR count). The molecule has 0 aliphatic heterocycles. The lowest BCUT2D eigenvalue weighted by molar-refractivity contribution is 0.289. The molecule has 0 fully saturated rings. The van der Waals surface area contributed by atoms with Gasteiger partial charge >= 0.3 is 0 Å². The second kappa shape index (κ2) is 9.05. The van der Waals surface area contributed by atoms with Crippen LogP contribution in [0.15, 0.2) is 59.4 Å². The molecule has 0 aliphatic carbocycles. The van der Waals surface area contributed by atoms with Crippen molar-refractivity contribution in [3.05, 3.63) is 86.4 Å². The minimum absolute atomic E-state index is 0.159. The maximum Gasteiger partial charge on any atom is 0.291 e. The third-order valence-electron chi connectivity index (χ3n) is 4.54. The number of benzene rings is 2. The van der Waals surface area contributed by atoms with Gasteiger partial charge in [0.05, 0.1) is 11.1 Å². The highest BCUT2D eigenvalue weighted by atomic mass is 32.1. The Labute approximate surface area is 179 Å². The van der Waals surface area contributed by atoms with Crippen molar-refractivity contribution in [1.82, 2.24) is 14.6 Å². The Morgan fingerprint density at radius 2 is 1.87 bits per heavy atom. The van der Waals surface area contributed by atoms with Gasteiger partial charge in [-0.15, -0.1) is 5.10 Å². The summed E-state index contributed by atoms with van der Waals surface area (Å²) in [5.74, 6) is 1.93. The number of nitrogens with zero attached hydrogens (tertiary/aromatic N) is 3. The van der Waals surface area contributed by atoms with Crippen LogP contribution in [0.1, 0.15) is 37.2 Å². The number of ether oxygens (including phenoxy) is 1. The summed E-state index contributed by atoms with van der Waals surface area (Å²) in [6.07, 6.45) is 6.61. The fourth-order valence-electron chi connectivity index (χ4n) is 2.91. The van der Waals surface area contributed by atoms with Crippen molar-refractivity contribution in [2.75, 3.05) is 6.61 Å². The van der Waals surface area contributed by atoms with Crippen molar-refractivity contribution in [2.24, 2.45) is 5.92 Å². The molecule has 2 heterocycles. The van der Waals surface area contributed by atoms with Gasteiger partial charge in [-0.1, -0.05) is 73.7 Å². The first-order chi connectivity index (χ1) is 14.6. The molecule has 5 nitrogen and oxygen atoms in total. The van der Waals surface area contributed by atoms with Crippen LogP contribution in [0.25, 0.3) is 23.2 Å². The zero-order chi connectivity index (χ0) is 20.9. The lowest BCUT2D eigenvalue weighted by atomic mass is 10.1. The van der Waals surface area contributed by atoms with Crippen LogP contribution < -0.4 is 14.8 Å². The van der Waals surface area contributed by atoms with Gasteiger partial charge in [-0.25, -0.2) is 0 Å². The van der Waals surface area contributed by atoms with Gasteiger partial charge in [0.25, 0.3) is 5.56 Å². The Morgan fingerprint density at radius 1 is 1.07 bits per heavy atom. The van der Waals surface area contributed by atoms with E-state index < -0.39 is 0 Å². The van der Waals surface area contributed by atoms with Crippen LogP contribution in [0.4, 0.5) is 0 Å². The van der Waals surface area contributed by atoms with Gasteiger partial charge in [0.15, 0.2) is 5.82 Å². The van der Waals surface area contributed by atoms with Gasteiger partial charge in [-0.2, -0.15) is 9.50 Å². The van der Waals surface area contributed by atoms with E-state index in [0.717, 1.165) is 23.3 Å². The molecule has 0 aliphatic rings. The first-order valence-corrected chi connectivity index (χ1v) is 10.8. The van der Waals surface area contributed by atoms with Crippen LogP contribution in [0.3, 0.4) is 0 Å². The fourth-order valence-corrected chi connectivity index (χ4v) is 3.83. The summed E-state index contributed by atoms with van der Waals surface area (Å²) in [5, 5.41) is 4.34. The van der Waals surface area contributed by atoms with Gasteiger partial charge in [-0.3, -0.25) is 4.79 Å². The van der Waals surface area contributed by atoms with Crippen molar-refractivity contribution in [2.45, 2.75) is 20.3 Å². The number of fused-ring (bicyclic) bond motifs is 1. The number of hydrogen-bond acceptors (Lipinski definition) is 5. The van der Waals surface area contributed by atoms with Gasteiger partial charge in [0.2, 0.25) is 4.96 Å². The first-order valence-electron chi connectivity index (χ1n) is 9.96. The van der Waals surface area contributed by atoms with Crippen LogP contribution in [-0.2, 0) is 0 Å². The molecule has 0 N–H and O–H groups in total. The smallest absolute Gasteiger partial charge is 0.291 e. The lowest BCUT2D eigenvalue weighted by Crippen LogP contribution is -2.23. The molecule has 0 saturated heterocycles. The van der Waals surface area contributed by atoms with Crippen molar-refractivity contribution in [1.29, 1.82) is 0 Å². The molecule has 0 atom stereocenters. The predicted molar refractivity (Wildman–Crippen MR) is 123 cm³/mol. The molecule has 2 aromatic heterocycles. The van der Waals surface area contributed by atoms with E-state index in [2.05, 4.69) is 23.9 Å². The number of thiazole rings is 1. The third-order valence-corrected chi connectivity index (χ3v) is 5.50. The van der Waals surface area contributed by atoms with Gasteiger partial charge in [-0.05, 0) is 47.8 Å². The summed E-state index contributed by atoms with van der Waals surface area (Å²) in [7, 11) is 0. The van der Waals surface area contributed by atoms with Crippen LogP contribution in [-0.4, -0.2) is 21.2 Å². The monoisotopic (exact) mass is 417 g/mol. The second-order valence-corrected chi connectivity index (χ2v) is 8.44. The van der Waals surface area contributed by atoms with Crippen LogP contribution in [0.2, 0.25) is 0 Å². The fraction of sp³-hybridized carbons (Fsp3) is 0.208. The van der Waals surface area contributed by atoms with E-state index in [4.69, 9.17) is 4.74 Å². The molecular weight excluding hydrogens is 394 g/mol. The van der Waals surface area contributed by atoms with Crippen molar-refractivity contribution in [3.63, 3.8) is 0 Å². The molecule has 0 saturated carbocycles. The standard InChI is InChI=1S/C24H23N3O2S/c1-17(2)13-14-29-20-10-6-9-19(15-20)16-21-23(28)27-24(30-21)25-22(26-27)12-11-18-7-4-3-5-8-18/h3-12,15-17H,13-14H2,1-2H3/b12-11+,21-16-. The molecule has 0 unspecified atom stereocenters. The number of aromatic nitrogens is 3. The average Bonchev–Trinajstić information content (AvgIpc) is 3.26. The van der Waals surface area contributed by atoms with E-state index in [1.807, 2.05) is 72.8 Å². The SMILES string of the molecule is CC(C)CCOc1cccc(/C=c2\sc3nc(/C=C/c4ccccc4)nn3c2=O)c1. The third kappa shape index (κ3) is 4.83. The Bertz CT molecular complexity index is 1270. The van der Waals surface area contributed by atoms with Gasteiger partial charge < -0.3 is 4.74 Å². The summed E-state index contributed by atoms with van der Waals surface area (Å²) in [4.78, 5) is 17.8. The molecular formula is C24H23N3O2S. The Kier molecular flexibility index (Phi) is 6.05. The lowest BCUT2D eigenvalue weighted by Gasteiger charge is -2.08. The Morgan fingerprint density at radius 3 is 2.63 bits per heavy atom.